The number of aromatic nitrogens is 1. The van der Waals surface area contributed by atoms with Crippen molar-refractivity contribution < 1.29 is 9.59 Å². The van der Waals surface area contributed by atoms with Crippen LogP contribution in [0, 0.1) is 5.92 Å². The third-order valence-electron chi connectivity index (χ3n) is 3.45. The molecule has 2 atom stereocenters. The number of rotatable bonds is 4. The van der Waals surface area contributed by atoms with Crippen LogP contribution in [0.3, 0.4) is 0 Å². The normalized spacial score (nSPS) is 20.0. The minimum Gasteiger partial charge on any atom is -0.347 e. The highest BCUT2D eigenvalue weighted by atomic mass is 35.5. The Balaban J connectivity index is 0.00000220. The molecule has 0 radical (unpaired) electrons. The second kappa shape index (κ2) is 10.4. The SMILES string of the molecule is Cl.Cl.NC1CCCC(C(=O)NCC(=O)Nc2cccnc2)C1. The van der Waals surface area contributed by atoms with E-state index in [4.69, 9.17) is 5.73 Å². The molecule has 1 fully saturated rings. The largest absolute Gasteiger partial charge is 0.347 e. The van der Waals surface area contributed by atoms with Crippen LogP contribution in [0.2, 0.25) is 0 Å². The van der Waals surface area contributed by atoms with E-state index in [0.29, 0.717) is 12.1 Å². The van der Waals surface area contributed by atoms with Gasteiger partial charge >= 0.3 is 0 Å². The Morgan fingerprint density at radius 1 is 1.32 bits per heavy atom. The predicted molar refractivity (Wildman–Crippen MR) is 90.3 cm³/mol. The molecule has 1 saturated carbocycles. The molecule has 0 aromatic carbocycles. The van der Waals surface area contributed by atoms with Gasteiger partial charge in [0.25, 0.3) is 0 Å². The summed E-state index contributed by atoms with van der Waals surface area (Å²) in [7, 11) is 0. The summed E-state index contributed by atoms with van der Waals surface area (Å²) < 4.78 is 0. The molecule has 2 amide bonds. The van der Waals surface area contributed by atoms with Crippen LogP contribution in [-0.4, -0.2) is 29.4 Å². The topological polar surface area (TPSA) is 97.1 Å². The monoisotopic (exact) mass is 348 g/mol. The number of hydrogen-bond acceptors (Lipinski definition) is 4. The highest BCUT2D eigenvalue weighted by Gasteiger charge is 2.25. The summed E-state index contributed by atoms with van der Waals surface area (Å²) in [5, 5.41) is 5.33. The quantitative estimate of drug-likeness (QED) is 0.767. The van der Waals surface area contributed by atoms with Crippen molar-refractivity contribution in [1.82, 2.24) is 10.3 Å². The minimum atomic E-state index is -0.258. The average Bonchev–Trinajstić information content (AvgIpc) is 2.46. The van der Waals surface area contributed by atoms with Crippen LogP contribution in [0.4, 0.5) is 5.69 Å². The molecule has 2 rings (SSSR count). The van der Waals surface area contributed by atoms with E-state index in [9.17, 15) is 9.59 Å². The molecule has 22 heavy (non-hydrogen) atoms. The van der Waals surface area contributed by atoms with Gasteiger partial charge in [0, 0.05) is 18.2 Å². The van der Waals surface area contributed by atoms with E-state index < -0.39 is 0 Å². The Morgan fingerprint density at radius 3 is 2.73 bits per heavy atom. The van der Waals surface area contributed by atoms with E-state index in [1.165, 1.54) is 0 Å². The van der Waals surface area contributed by atoms with E-state index in [-0.39, 0.29) is 55.1 Å². The Morgan fingerprint density at radius 2 is 2.09 bits per heavy atom. The smallest absolute Gasteiger partial charge is 0.243 e. The third-order valence-corrected chi connectivity index (χ3v) is 3.45. The fraction of sp³-hybridized carbons (Fsp3) is 0.500. The number of halogens is 2. The number of carbonyl (C=O) groups is 2. The molecule has 6 nitrogen and oxygen atoms in total. The van der Waals surface area contributed by atoms with Crippen LogP contribution in [0.25, 0.3) is 0 Å². The molecule has 124 valence electrons. The molecule has 1 aromatic heterocycles. The molecule has 0 spiro atoms. The Hall–Kier alpha value is -1.37. The maximum Gasteiger partial charge on any atom is 0.243 e. The molecule has 0 aliphatic heterocycles. The number of carbonyl (C=O) groups excluding carboxylic acids is 2. The number of nitrogens with one attached hydrogen (secondary N) is 2. The summed E-state index contributed by atoms with van der Waals surface area (Å²) in [4.78, 5) is 27.5. The van der Waals surface area contributed by atoms with E-state index in [2.05, 4.69) is 15.6 Å². The van der Waals surface area contributed by atoms with Crippen LogP contribution >= 0.6 is 24.8 Å². The van der Waals surface area contributed by atoms with E-state index in [1.807, 2.05) is 0 Å². The summed E-state index contributed by atoms with van der Waals surface area (Å²) in [5.41, 5.74) is 6.47. The number of nitrogens with two attached hydrogens (primary N) is 1. The summed E-state index contributed by atoms with van der Waals surface area (Å²) in [5.74, 6) is -0.405. The van der Waals surface area contributed by atoms with Gasteiger partial charge in [-0.3, -0.25) is 14.6 Å². The van der Waals surface area contributed by atoms with Crippen molar-refractivity contribution in [3.05, 3.63) is 24.5 Å². The van der Waals surface area contributed by atoms with E-state index >= 15 is 0 Å². The van der Waals surface area contributed by atoms with Crippen molar-refractivity contribution in [2.75, 3.05) is 11.9 Å². The van der Waals surface area contributed by atoms with Gasteiger partial charge in [-0.15, -0.1) is 24.8 Å². The fourth-order valence-corrected chi connectivity index (χ4v) is 2.42. The zero-order valence-corrected chi connectivity index (χ0v) is 13.8. The van der Waals surface area contributed by atoms with Gasteiger partial charge in [0.05, 0.1) is 18.4 Å². The lowest BCUT2D eigenvalue weighted by molar-refractivity contribution is -0.128. The average molecular weight is 349 g/mol. The molecular formula is C14H22Cl2N4O2. The van der Waals surface area contributed by atoms with Crippen LogP contribution in [0.15, 0.2) is 24.5 Å². The van der Waals surface area contributed by atoms with Crippen LogP contribution < -0.4 is 16.4 Å². The van der Waals surface area contributed by atoms with Crippen molar-refractivity contribution in [2.24, 2.45) is 11.7 Å². The molecule has 1 heterocycles. The van der Waals surface area contributed by atoms with Gasteiger partial charge in [-0.05, 0) is 31.4 Å². The van der Waals surface area contributed by atoms with Gasteiger partial charge in [0.2, 0.25) is 11.8 Å². The second-order valence-electron chi connectivity index (χ2n) is 5.13. The zero-order valence-electron chi connectivity index (χ0n) is 12.2. The zero-order chi connectivity index (χ0) is 14.4. The molecule has 0 saturated heterocycles. The summed E-state index contributed by atoms with van der Waals surface area (Å²) in [6, 6.07) is 3.58. The summed E-state index contributed by atoms with van der Waals surface area (Å²) in [6.45, 7) is -0.0283. The highest BCUT2D eigenvalue weighted by molar-refractivity contribution is 5.94. The molecular weight excluding hydrogens is 327 g/mol. The molecule has 1 aliphatic rings. The van der Waals surface area contributed by atoms with Gasteiger partial charge in [-0.1, -0.05) is 6.42 Å². The lowest BCUT2D eigenvalue weighted by Crippen LogP contribution is -2.40. The first-order chi connectivity index (χ1) is 9.65. The van der Waals surface area contributed by atoms with Gasteiger partial charge in [-0.25, -0.2) is 0 Å². The van der Waals surface area contributed by atoms with Crippen LogP contribution in [-0.2, 0) is 9.59 Å². The first kappa shape index (κ1) is 20.6. The molecule has 8 heteroatoms. The molecule has 0 bridgehead atoms. The van der Waals surface area contributed by atoms with Crippen molar-refractivity contribution in [1.29, 1.82) is 0 Å². The Kier molecular flexibility index (Phi) is 9.73. The van der Waals surface area contributed by atoms with Gasteiger partial charge < -0.3 is 16.4 Å². The van der Waals surface area contributed by atoms with Crippen LogP contribution in [0.5, 0.6) is 0 Å². The predicted octanol–water partition coefficient (Wildman–Crippen LogP) is 1.50. The van der Waals surface area contributed by atoms with Crippen molar-refractivity contribution in [3.63, 3.8) is 0 Å². The van der Waals surface area contributed by atoms with E-state index in [0.717, 1.165) is 19.3 Å². The van der Waals surface area contributed by atoms with Crippen molar-refractivity contribution >= 4 is 42.3 Å². The number of anilines is 1. The first-order valence-electron chi connectivity index (χ1n) is 6.88. The highest BCUT2D eigenvalue weighted by Crippen LogP contribution is 2.22. The van der Waals surface area contributed by atoms with Crippen LogP contribution in [0.1, 0.15) is 25.7 Å². The van der Waals surface area contributed by atoms with Crippen molar-refractivity contribution in [3.8, 4) is 0 Å². The number of hydrogen-bond donors (Lipinski definition) is 3. The Bertz CT molecular complexity index is 473. The lowest BCUT2D eigenvalue weighted by atomic mass is 9.85. The fourth-order valence-electron chi connectivity index (χ4n) is 2.42. The van der Waals surface area contributed by atoms with Crippen molar-refractivity contribution in [2.45, 2.75) is 31.7 Å². The standard InChI is InChI=1S/C14H20N4O2.2ClH/c15-11-4-1-3-10(7-11)14(20)17-9-13(19)18-12-5-2-6-16-8-12;;/h2,5-6,8,10-11H,1,3-4,7,9,15H2,(H,17,20)(H,18,19);2*1H. The Labute approximate surface area is 142 Å². The second-order valence-corrected chi connectivity index (χ2v) is 5.13. The maximum atomic E-state index is 11.9. The van der Waals surface area contributed by atoms with Gasteiger partial charge in [0.1, 0.15) is 0 Å². The van der Waals surface area contributed by atoms with Gasteiger partial charge in [-0.2, -0.15) is 0 Å². The number of pyridine rings is 1. The molecule has 1 aliphatic carbocycles. The lowest BCUT2D eigenvalue weighted by Gasteiger charge is -2.25. The first-order valence-corrected chi connectivity index (χ1v) is 6.88. The minimum absolute atomic E-state index is 0. The van der Waals surface area contributed by atoms with Gasteiger partial charge in [0.15, 0.2) is 0 Å². The maximum absolute atomic E-state index is 11.9. The van der Waals surface area contributed by atoms with E-state index in [1.54, 1.807) is 24.5 Å². The molecule has 4 N–H and O–H groups in total. The summed E-state index contributed by atoms with van der Waals surface area (Å²) >= 11 is 0. The molecule has 2 unspecified atom stereocenters. The molecule has 1 aromatic rings. The number of nitrogens with zero attached hydrogens (tertiary/aromatic N) is 1. The number of amides is 2. The summed E-state index contributed by atoms with van der Waals surface area (Å²) in [6.07, 6.45) is 6.69. The third kappa shape index (κ3) is 6.60.